The van der Waals surface area contributed by atoms with Crippen LogP contribution in [-0.4, -0.2) is 84.1 Å². The van der Waals surface area contributed by atoms with Gasteiger partial charge in [0.2, 0.25) is 0 Å². The average molecular weight is 490 g/mol. The second-order valence-corrected chi connectivity index (χ2v) is 9.58. The number of amides is 4. The van der Waals surface area contributed by atoms with Crippen molar-refractivity contribution in [3.8, 4) is 0 Å². The largest absolute Gasteiger partial charge is 0.463 e. The summed E-state index contributed by atoms with van der Waals surface area (Å²) in [5.41, 5.74) is 1.90. The zero-order chi connectivity index (χ0) is 24.8. The molecule has 1 aromatic heterocycles. The molecule has 2 aliphatic rings. The zero-order valence-electron chi connectivity index (χ0n) is 20.4. The lowest BCUT2D eigenvalue weighted by Crippen LogP contribution is -2.58. The molecule has 1 fully saturated rings. The quantitative estimate of drug-likeness (QED) is 0.433. The second-order valence-electron chi connectivity index (χ2n) is 8.80. The molecule has 9 nitrogen and oxygen atoms in total. The van der Waals surface area contributed by atoms with Gasteiger partial charge in [-0.15, -0.1) is 6.58 Å². The first-order chi connectivity index (χ1) is 16.3. The minimum atomic E-state index is -0.579. The van der Waals surface area contributed by atoms with Crippen LogP contribution in [0, 0.1) is 0 Å². The molecule has 186 valence electrons. The average Bonchev–Trinajstić information content (AvgIpc) is 3.30. The van der Waals surface area contributed by atoms with Crippen LogP contribution in [0.3, 0.4) is 0 Å². The smallest absolute Gasteiger partial charge is 0.338 e. The van der Waals surface area contributed by atoms with E-state index in [-0.39, 0.29) is 37.3 Å². The summed E-state index contributed by atoms with van der Waals surface area (Å²) in [4.78, 5) is 44.4. The Hall–Kier alpha value is -2.85. The Morgan fingerprint density at radius 2 is 2.15 bits per heavy atom. The van der Waals surface area contributed by atoms with Crippen LogP contribution in [0.25, 0.3) is 0 Å². The molecular weight excluding hydrogens is 454 g/mol. The number of piperazine rings is 1. The van der Waals surface area contributed by atoms with Gasteiger partial charge in [-0.2, -0.15) is 11.3 Å². The Labute approximate surface area is 205 Å². The number of ether oxygens (including phenoxy) is 1. The molecule has 2 unspecified atom stereocenters. The molecule has 1 saturated heterocycles. The molecule has 2 aliphatic heterocycles. The number of hydrogen-bond donors (Lipinski definition) is 2. The molecular formula is C24H35N5O4S. The number of urea groups is 2. The summed E-state index contributed by atoms with van der Waals surface area (Å²) in [7, 11) is 0. The van der Waals surface area contributed by atoms with Gasteiger partial charge in [0, 0.05) is 50.5 Å². The third kappa shape index (κ3) is 5.79. The van der Waals surface area contributed by atoms with Crippen LogP contribution in [0.15, 0.2) is 40.8 Å². The molecule has 0 saturated carbocycles. The second kappa shape index (κ2) is 11.5. The van der Waals surface area contributed by atoms with Gasteiger partial charge in [-0.05, 0) is 50.1 Å². The van der Waals surface area contributed by atoms with Crippen molar-refractivity contribution in [2.75, 3.05) is 39.3 Å². The number of carbonyl (C=O) groups is 3. The number of nitrogens with one attached hydrogen (secondary N) is 2. The van der Waals surface area contributed by atoms with Gasteiger partial charge in [0.15, 0.2) is 0 Å². The summed E-state index contributed by atoms with van der Waals surface area (Å²) in [5, 5.41) is 9.77. The van der Waals surface area contributed by atoms with Crippen LogP contribution in [-0.2, 0) is 9.53 Å². The monoisotopic (exact) mass is 489 g/mol. The minimum absolute atomic E-state index is 0.0166. The fraction of sp³-hybridized carbons (Fsp3) is 0.542. The number of thiophene rings is 1. The summed E-state index contributed by atoms with van der Waals surface area (Å²) in [6.07, 6.45) is 1.64. The van der Waals surface area contributed by atoms with E-state index < -0.39 is 12.0 Å². The van der Waals surface area contributed by atoms with Crippen molar-refractivity contribution >= 4 is 29.4 Å². The van der Waals surface area contributed by atoms with E-state index in [4.69, 9.17) is 4.74 Å². The van der Waals surface area contributed by atoms with Crippen molar-refractivity contribution in [2.24, 2.45) is 0 Å². The highest BCUT2D eigenvalue weighted by molar-refractivity contribution is 7.08. The van der Waals surface area contributed by atoms with Gasteiger partial charge in [-0.25, -0.2) is 14.4 Å². The molecule has 3 rings (SSSR count). The fourth-order valence-electron chi connectivity index (χ4n) is 4.35. The number of nitrogens with zero attached hydrogens (tertiary/aromatic N) is 3. The highest BCUT2D eigenvalue weighted by Gasteiger charge is 2.39. The van der Waals surface area contributed by atoms with Gasteiger partial charge in [0.05, 0.1) is 18.2 Å². The molecule has 0 aromatic carbocycles. The molecule has 2 N–H and O–H groups in total. The topological polar surface area (TPSA) is 94.2 Å². The van der Waals surface area contributed by atoms with Crippen molar-refractivity contribution in [3.05, 3.63) is 46.3 Å². The van der Waals surface area contributed by atoms with Gasteiger partial charge in [0.25, 0.3) is 0 Å². The van der Waals surface area contributed by atoms with E-state index in [0.717, 1.165) is 5.56 Å². The van der Waals surface area contributed by atoms with E-state index in [1.165, 1.54) is 11.3 Å². The first kappa shape index (κ1) is 25.8. The summed E-state index contributed by atoms with van der Waals surface area (Å²) in [6.45, 7) is 14.1. The lowest BCUT2D eigenvalue weighted by atomic mass is 9.95. The van der Waals surface area contributed by atoms with Crippen molar-refractivity contribution < 1.29 is 19.1 Å². The van der Waals surface area contributed by atoms with Crippen LogP contribution in [0.1, 0.15) is 39.3 Å². The first-order valence-corrected chi connectivity index (χ1v) is 12.6. The molecule has 10 heteroatoms. The third-order valence-electron chi connectivity index (χ3n) is 5.88. The number of esters is 1. The Morgan fingerprint density at radius 1 is 1.38 bits per heavy atom. The van der Waals surface area contributed by atoms with Gasteiger partial charge >= 0.3 is 18.0 Å². The molecule has 1 aromatic rings. The molecule has 0 spiro atoms. The number of carbonyl (C=O) groups excluding carboxylic acids is 3. The molecule has 0 aliphatic carbocycles. The van der Waals surface area contributed by atoms with Crippen LogP contribution >= 0.6 is 11.3 Å². The predicted molar refractivity (Wildman–Crippen MR) is 132 cm³/mol. The highest BCUT2D eigenvalue weighted by Crippen LogP contribution is 2.33. The Balaban J connectivity index is 1.92. The maximum atomic E-state index is 13.2. The molecule has 34 heavy (non-hydrogen) atoms. The third-order valence-corrected chi connectivity index (χ3v) is 6.58. The number of rotatable bonds is 8. The van der Waals surface area contributed by atoms with E-state index in [1.807, 2.05) is 42.5 Å². The van der Waals surface area contributed by atoms with E-state index in [0.29, 0.717) is 37.4 Å². The van der Waals surface area contributed by atoms with Crippen LogP contribution in [0.4, 0.5) is 9.59 Å². The Bertz CT molecular complexity index is 930. The van der Waals surface area contributed by atoms with Crippen LogP contribution in [0.5, 0.6) is 0 Å². The van der Waals surface area contributed by atoms with Crippen molar-refractivity contribution in [1.29, 1.82) is 0 Å². The van der Waals surface area contributed by atoms with Crippen LogP contribution < -0.4 is 10.6 Å². The van der Waals surface area contributed by atoms with E-state index in [9.17, 15) is 14.4 Å². The lowest BCUT2D eigenvalue weighted by molar-refractivity contribution is -0.139. The Kier molecular flexibility index (Phi) is 8.73. The normalized spacial score (nSPS) is 21.5. The van der Waals surface area contributed by atoms with Gasteiger partial charge in [-0.1, -0.05) is 6.08 Å². The SMILES string of the molecule is C=CCN1C(=O)NC(c2ccsc2)C(C(=O)OCC)=C1CN1CCN(C(=O)NC(C)C)C(C)C1. The minimum Gasteiger partial charge on any atom is -0.463 e. The fourth-order valence-corrected chi connectivity index (χ4v) is 5.04. The van der Waals surface area contributed by atoms with E-state index in [1.54, 1.807) is 17.9 Å². The molecule has 0 radical (unpaired) electrons. The van der Waals surface area contributed by atoms with Gasteiger partial charge in [0.1, 0.15) is 0 Å². The van der Waals surface area contributed by atoms with Gasteiger partial charge < -0.3 is 20.3 Å². The molecule has 0 bridgehead atoms. The molecule has 3 heterocycles. The maximum absolute atomic E-state index is 13.2. The predicted octanol–water partition coefficient (Wildman–Crippen LogP) is 2.94. The maximum Gasteiger partial charge on any atom is 0.338 e. The van der Waals surface area contributed by atoms with Gasteiger partial charge in [-0.3, -0.25) is 9.80 Å². The van der Waals surface area contributed by atoms with E-state index >= 15 is 0 Å². The van der Waals surface area contributed by atoms with Crippen LogP contribution in [0.2, 0.25) is 0 Å². The van der Waals surface area contributed by atoms with Crippen molar-refractivity contribution in [1.82, 2.24) is 25.3 Å². The summed E-state index contributed by atoms with van der Waals surface area (Å²) < 4.78 is 5.42. The molecule has 4 amide bonds. The van der Waals surface area contributed by atoms with E-state index in [2.05, 4.69) is 22.1 Å². The first-order valence-electron chi connectivity index (χ1n) is 11.7. The lowest BCUT2D eigenvalue weighted by Gasteiger charge is -2.42. The summed E-state index contributed by atoms with van der Waals surface area (Å²) in [5.74, 6) is -0.439. The highest BCUT2D eigenvalue weighted by atomic mass is 32.1. The number of hydrogen-bond acceptors (Lipinski definition) is 6. The van der Waals surface area contributed by atoms with Crippen molar-refractivity contribution in [3.63, 3.8) is 0 Å². The standard InChI is InChI=1S/C24H35N5O4S/c1-6-9-29-19(14-27-10-11-28(17(5)13-27)23(31)25-16(3)4)20(22(30)33-7-2)21(26-24(29)32)18-8-12-34-15-18/h6,8,12,15-17,21H,1,7,9-11,13-14H2,2-5H3,(H,25,31)(H,26,32). The summed E-state index contributed by atoms with van der Waals surface area (Å²) >= 11 is 1.51. The summed E-state index contributed by atoms with van der Waals surface area (Å²) in [6, 6.07) is 1.03. The molecule has 2 atom stereocenters. The Morgan fingerprint density at radius 3 is 2.74 bits per heavy atom. The van der Waals surface area contributed by atoms with Crippen molar-refractivity contribution in [2.45, 2.75) is 45.8 Å². The zero-order valence-corrected chi connectivity index (χ0v) is 21.2.